The van der Waals surface area contributed by atoms with Gasteiger partial charge in [0.25, 0.3) is 0 Å². The summed E-state index contributed by atoms with van der Waals surface area (Å²) in [6.45, 7) is 2.02. The topological polar surface area (TPSA) is 9.23 Å². The van der Waals surface area contributed by atoms with Gasteiger partial charge in [0, 0.05) is 15.6 Å². The van der Waals surface area contributed by atoms with E-state index >= 15 is 0 Å². The Labute approximate surface area is 143 Å². The van der Waals surface area contributed by atoms with E-state index in [9.17, 15) is 0 Å². The standard InChI is InChI=1S/C13H10Br2Cl2OS/c1-6-3-10(18-2)7(4-9(6)14)12(15)8-5-11(16)19-13(8)17/h3-5,12H,1-2H3. The average molecular weight is 445 g/mol. The predicted molar refractivity (Wildman–Crippen MR) is 90.5 cm³/mol. The molecule has 2 rings (SSSR count). The zero-order valence-electron chi connectivity index (χ0n) is 10.1. The van der Waals surface area contributed by atoms with Gasteiger partial charge in [-0.1, -0.05) is 55.1 Å². The molecule has 0 saturated carbocycles. The van der Waals surface area contributed by atoms with E-state index in [2.05, 4.69) is 31.9 Å². The van der Waals surface area contributed by atoms with Crippen LogP contribution in [0.5, 0.6) is 5.75 Å². The van der Waals surface area contributed by atoms with Gasteiger partial charge in [0.1, 0.15) is 5.75 Å². The molecule has 1 unspecified atom stereocenters. The van der Waals surface area contributed by atoms with Crippen LogP contribution in [0.4, 0.5) is 0 Å². The molecule has 0 bridgehead atoms. The van der Waals surface area contributed by atoms with Gasteiger partial charge >= 0.3 is 0 Å². The number of hydrogen-bond donors (Lipinski definition) is 0. The maximum Gasteiger partial charge on any atom is 0.123 e. The number of halogens is 4. The largest absolute Gasteiger partial charge is 0.496 e. The Bertz CT molecular complexity index is 613. The van der Waals surface area contributed by atoms with Crippen molar-refractivity contribution in [3.8, 4) is 5.75 Å². The molecule has 19 heavy (non-hydrogen) atoms. The number of aryl methyl sites for hydroxylation is 1. The van der Waals surface area contributed by atoms with E-state index in [1.165, 1.54) is 11.3 Å². The van der Waals surface area contributed by atoms with Crippen molar-refractivity contribution in [2.75, 3.05) is 7.11 Å². The van der Waals surface area contributed by atoms with Crippen LogP contribution in [0.25, 0.3) is 0 Å². The summed E-state index contributed by atoms with van der Waals surface area (Å²) in [5.74, 6) is 0.820. The van der Waals surface area contributed by atoms with Crippen LogP contribution in [0.1, 0.15) is 21.5 Å². The maximum atomic E-state index is 6.21. The lowest BCUT2D eigenvalue weighted by Crippen LogP contribution is -1.98. The Hall–Kier alpha value is 0.260. The highest BCUT2D eigenvalue weighted by molar-refractivity contribution is 9.10. The Balaban J connectivity index is 2.52. The monoisotopic (exact) mass is 442 g/mol. The molecule has 0 fully saturated rings. The van der Waals surface area contributed by atoms with Gasteiger partial charge in [-0.3, -0.25) is 0 Å². The van der Waals surface area contributed by atoms with Gasteiger partial charge < -0.3 is 4.74 Å². The average Bonchev–Trinajstić information content (AvgIpc) is 2.70. The molecule has 102 valence electrons. The van der Waals surface area contributed by atoms with Crippen LogP contribution in [0.3, 0.4) is 0 Å². The van der Waals surface area contributed by atoms with Crippen LogP contribution in [-0.2, 0) is 0 Å². The zero-order chi connectivity index (χ0) is 14.2. The van der Waals surface area contributed by atoms with Crippen molar-refractivity contribution >= 4 is 66.4 Å². The van der Waals surface area contributed by atoms with E-state index in [0.717, 1.165) is 26.9 Å². The predicted octanol–water partition coefficient (Wildman–Crippen LogP) is 6.62. The van der Waals surface area contributed by atoms with Crippen molar-refractivity contribution in [3.63, 3.8) is 0 Å². The van der Waals surface area contributed by atoms with Crippen molar-refractivity contribution in [3.05, 3.63) is 48.0 Å². The first-order valence-electron chi connectivity index (χ1n) is 5.37. The lowest BCUT2D eigenvalue weighted by Gasteiger charge is -2.15. The van der Waals surface area contributed by atoms with Gasteiger partial charge in [0.2, 0.25) is 0 Å². The molecule has 0 aliphatic rings. The molecule has 1 aromatic heterocycles. The summed E-state index contributed by atoms with van der Waals surface area (Å²) in [7, 11) is 1.66. The van der Waals surface area contributed by atoms with Crippen molar-refractivity contribution in [1.29, 1.82) is 0 Å². The SMILES string of the molecule is COc1cc(C)c(Br)cc1C(Br)c1cc(Cl)sc1Cl. The number of rotatable bonds is 3. The van der Waals surface area contributed by atoms with Crippen LogP contribution in [-0.4, -0.2) is 7.11 Å². The smallest absolute Gasteiger partial charge is 0.123 e. The van der Waals surface area contributed by atoms with Gasteiger partial charge in [0.15, 0.2) is 0 Å². The Morgan fingerprint density at radius 3 is 2.42 bits per heavy atom. The third-order valence-electron chi connectivity index (χ3n) is 2.74. The molecular weight excluding hydrogens is 435 g/mol. The van der Waals surface area contributed by atoms with Crippen molar-refractivity contribution in [2.24, 2.45) is 0 Å². The van der Waals surface area contributed by atoms with Crippen molar-refractivity contribution < 1.29 is 4.74 Å². The number of benzene rings is 1. The first-order valence-corrected chi connectivity index (χ1v) is 8.65. The minimum Gasteiger partial charge on any atom is -0.496 e. The zero-order valence-corrected chi connectivity index (χ0v) is 15.6. The minimum absolute atomic E-state index is 0.0596. The highest BCUT2D eigenvalue weighted by Gasteiger charge is 2.21. The van der Waals surface area contributed by atoms with Gasteiger partial charge in [0.05, 0.1) is 20.6 Å². The fourth-order valence-corrected chi connectivity index (χ4v) is 4.63. The summed E-state index contributed by atoms with van der Waals surface area (Å²) in [5, 5.41) is 0. The summed E-state index contributed by atoms with van der Waals surface area (Å²) >= 11 is 20.8. The van der Waals surface area contributed by atoms with Crippen molar-refractivity contribution in [1.82, 2.24) is 0 Å². The van der Waals surface area contributed by atoms with E-state index in [4.69, 9.17) is 27.9 Å². The quantitative estimate of drug-likeness (QED) is 0.483. The summed E-state index contributed by atoms with van der Waals surface area (Å²) < 4.78 is 7.84. The Morgan fingerprint density at radius 1 is 1.21 bits per heavy atom. The Morgan fingerprint density at radius 2 is 1.89 bits per heavy atom. The summed E-state index contributed by atoms with van der Waals surface area (Å²) in [5.41, 5.74) is 3.08. The fourth-order valence-electron chi connectivity index (χ4n) is 1.74. The molecule has 0 spiro atoms. The third kappa shape index (κ3) is 3.30. The van der Waals surface area contributed by atoms with Gasteiger partial charge in [-0.05, 0) is 30.7 Å². The molecule has 1 aromatic carbocycles. The number of methoxy groups -OCH3 is 1. The van der Waals surface area contributed by atoms with Crippen LogP contribution in [0.2, 0.25) is 8.67 Å². The van der Waals surface area contributed by atoms with Crippen LogP contribution in [0, 0.1) is 6.92 Å². The second-order valence-corrected chi connectivity index (χ2v) is 8.04. The van der Waals surface area contributed by atoms with Crippen molar-refractivity contribution in [2.45, 2.75) is 11.8 Å². The van der Waals surface area contributed by atoms with E-state index in [-0.39, 0.29) is 4.83 Å². The van der Waals surface area contributed by atoms with Gasteiger partial charge in [-0.2, -0.15) is 0 Å². The number of hydrogen-bond acceptors (Lipinski definition) is 2. The van der Waals surface area contributed by atoms with Gasteiger partial charge in [-0.15, -0.1) is 11.3 Å². The maximum absolute atomic E-state index is 6.21. The first-order chi connectivity index (χ1) is 8.93. The second-order valence-electron chi connectivity index (χ2n) is 3.99. The minimum atomic E-state index is -0.0596. The van der Waals surface area contributed by atoms with E-state index in [0.29, 0.717) is 8.67 Å². The summed E-state index contributed by atoms with van der Waals surface area (Å²) in [4.78, 5) is -0.0596. The molecule has 0 amide bonds. The van der Waals surface area contributed by atoms with Crippen LogP contribution < -0.4 is 4.74 Å². The lowest BCUT2D eigenvalue weighted by atomic mass is 10.0. The molecule has 1 heterocycles. The highest BCUT2D eigenvalue weighted by Crippen LogP contribution is 2.45. The number of alkyl halides is 1. The summed E-state index contributed by atoms with van der Waals surface area (Å²) in [6.07, 6.45) is 0. The molecule has 1 nitrogen and oxygen atoms in total. The van der Waals surface area contributed by atoms with E-state index < -0.39 is 0 Å². The Kier molecular flexibility index (Phi) is 5.23. The normalized spacial score (nSPS) is 12.5. The molecule has 0 aliphatic carbocycles. The molecule has 6 heteroatoms. The molecule has 0 N–H and O–H groups in total. The number of ether oxygens (including phenoxy) is 1. The van der Waals surface area contributed by atoms with Gasteiger partial charge in [-0.25, -0.2) is 0 Å². The van der Waals surface area contributed by atoms with Crippen LogP contribution >= 0.6 is 66.4 Å². The van der Waals surface area contributed by atoms with E-state index in [1.807, 2.05) is 25.1 Å². The van der Waals surface area contributed by atoms with E-state index in [1.54, 1.807) is 7.11 Å². The first kappa shape index (κ1) is 15.6. The highest BCUT2D eigenvalue weighted by atomic mass is 79.9. The second kappa shape index (κ2) is 6.35. The molecular formula is C13H10Br2Cl2OS. The third-order valence-corrected chi connectivity index (χ3v) is 6.10. The molecule has 1 atom stereocenters. The fraction of sp³-hybridized carbons (Fsp3) is 0.231. The summed E-state index contributed by atoms with van der Waals surface area (Å²) in [6, 6.07) is 5.91. The molecule has 2 aromatic rings. The number of thiophene rings is 1. The van der Waals surface area contributed by atoms with Crippen LogP contribution in [0.15, 0.2) is 22.7 Å². The molecule has 0 aliphatic heterocycles. The lowest BCUT2D eigenvalue weighted by molar-refractivity contribution is 0.410. The molecule has 0 saturated heterocycles. The molecule has 0 radical (unpaired) electrons.